The van der Waals surface area contributed by atoms with Crippen LogP contribution in [0.3, 0.4) is 0 Å². The largest absolute Gasteiger partial charge is 0.263 e. The van der Waals surface area contributed by atoms with Crippen molar-refractivity contribution in [2.24, 2.45) is 0 Å². The highest BCUT2D eigenvalue weighted by Gasteiger charge is 1.75. The van der Waals surface area contributed by atoms with E-state index >= 15 is 0 Å². The van der Waals surface area contributed by atoms with Gasteiger partial charge in [0, 0.05) is 6.08 Å². The van der Waals surface area contributed by atoms with Crippen molar-refractivity contribution in [2.45, 2.75) is 0 Å². The molecule has 106 valence electrons. The van der Waals surface area contributed by atoms with E-state index in [1.54, 1.807) is 18.2 Å². The van der Waals surface area contributed by atoms with Gasteiger partial charge >= 0.3 is 0 Å². The molecule has 0 atom stereocenters. The predicted molar refractivity (Wildman–Crippen MR) is 84.1 cm³/mol. The van der Waals surface area contributed by atoms with Crippen LogP contribution in [0.2, 0.25) is 0 Å². The van der Waals surface area contributed by atoms with Gasteiger partial charge in [0.2, 0.25) is 0 Å². The molecule has 0 aliphatic rings. The quantitative estimate of drug-likeness (QED) is 0.495. The van der Waals surface area contributed by atoms with E-state index in [9.17, 15) is 8.78 Å². The van der Waals surface area contributed by atoms with E-state index < -0.39 is 6.08 Å². The van der Waals surface area contributed by atoms with Gasteiger partial charge in [-0.3, -0.25) is 0 Å². The third kappa shape index (κ3) is 36.2. The molecule has 0 radical (unpaired) electrons. The lowest BCUT2D eigenvalue weighted by Crippen LogP contribution is -1.63. The average molecular weight is 275 g/mol. The molecular formula is C17H19F2N. The van der Waals surface area contributed by atoms with E-state index in [-0.39, 0.29) is 0 Å². The first kappa shape index (κ1) is 22.5. The summed E-state index contributed by atoms with van der Waals surface area (Å²) in [4.78, 5) is 0. The minimum atomic E-state index is -1.83. The third-order valence-corrected chi connectivity index (χ3v) is 1.29. The molecule has 0 saturated carbocycles. The van der Waals surface area contributed by atoms with Gasteiger partial charge in [0.25, 0.3) is 6.08 Å². The monoisotopic (exact) mass is 275 g/mol. The summed E-state index contributed by atoms with van der Waals surface area (Å²) in [6.45, 7) is 15.7. The van der Waals surface area contributed by atoms with Crippen LogP contribution in [0.15, 0.2) is 87.5 Å². The van der Waals surface area contributed by atoms with Crippen LogP contribution in [-0.2, 0) is 0 Å². The molecule has 0 N–H and O–H groups in total. The Balaban J connectivity index is -0.000000209. The van der Waals surface area contributed by atoms with Gasteiger partial charge in [-0.2, -0.15) is 14.0 Å². The number of hydrogen-bond donors (Lipinski definition) is 0. The summed E-state index contributed by atoms with van der Waals surface area (Å²) in [7, 11) is 0. The van der Waals surface area contributed by atoms with Gasteiger partial charge in [-0.15, -0.1) is 0 Å². The highest BCUT2D eigenvalue weighted by molar-refractivity contribution is 5.45. The van der Waals surface area contributed by atoms with Gasteiger partial charge in [-0.1, -0.05) is 74.9 Å². The fraction of sp³-hybridized carbons (Fsp3) is 0. The number of allylic oxidation sites excluding steroid dienone is 3. The van der Waals surface area contributed by atoms with Crippen molar-refractivity contribution in [1.29, 1.82) is 5.26 Å². The Morgan fingerprint density at radius 2 is 1.35 bits per heavy atom. The predicted octanol–water partition coefficient (Wildman–Crippen LogP) is 5.78. The van der Waals surface area contributed by atoms with Gasteiger partial charge < -0.3 is 0 Å². The molecule has 0 aliphatic heterocycles. The average Bonchev–Trinajstić information content (AvgIpc) is 2.48. The zero-order valence-corrected chi connectivity index (χ0v) is 11.4. The summed E-state index contributed by atoms with van der Waals surface area (Å²) in [5, 5.41) is 7.51. The standard InChI is InChI=1S/C8H8.C4H6.C3H3N.C2H2F2/c1-2-8-6-4-3-5-7-8;1-3-4-2;1-2-3-4;1-2(3)4/h2-7H,1H2;3-4H,1-2H2;2H,1H2;1H2. The fourth-order valence-corrected chi connectivity index (χ4v) is 0.589. The maximum atomic E-state index is 10.1. The van der Waals surface area contributed by atoms with E-state index in [1.165, 1.54) is 11.6 Å². The first-order chi connectivity index (χ1) is 9.49. The molecule has 0 aliphatic carbocycles. The van der Waals surface area contributed by atoms with Crippen LogP contribution in [0.1, 0.15) is 5.56 Å². The Morgan fingerprint density at radius 3 is 1.50 bits per heavy atom. The highest BCUT2D eigenvalue weighted by Crippen LogP contribution is 1.97. The first-order valence-corrected chi connectivity index (χ1v) is 5.41. The summed E-state index contributed by atoms with van der Waals surface area (Å²) in [6.07, 6.45) is 4.46. The minimum Gasteiger partial charge on any atom is -0.193 e. The molecule has 0 unspecified atom stereocenters. The lowest BCUT2D eigenvalue weighted by molar-refractivity contribution is 0.426. The Morgan fingerprint density at radius 1 is 1.00 bits per heavy atom. The smallest absolute Gasteiger partial charge is 0.193 e. The molecule has 0 spiro atoms. The van der Waals surface area contributed by atoms with Crippen LogP contribution in [0.25, 0.3) is 6.08 Å². The summed E-state index contributed by atoms with van der Waals surface area (Å²) >= 11 is 0. The topological polar surface area (TPSA) is 23.8 Å². The van der Waals surface area contributed by atoms with E-state index in [2.05, 4.69) is 32.9 Å². The zero-order valence-electron chi connectivity index (χ0n) is 11.4. The van der Waals surface area contributed by atoms with Crippen molar-refractivity contribution in [3.63, 3.8) is 0 Å². The van der Waals surface area contributed by atoms with E-state index in [1.807, 2.05) is 36.4 Å². The molecule has 0 aromatic heterocycles. The third-order valence-electron chi connectivity index (χ3n) is 1.29. The molecule has 20 heavy (non-hydrogen) atoms. The van der Waals surface area contributed by atoms with Gasteiger partial charge in [0.15, 0.2) is 0 Å². The minimum absolute atomic E-state index is 1.17. The van der Waals surface area contributed by atoms with Crippen molar-refractivity contribution < 1.29 is 8.78 Å². The lowest BCUT2D eigenvalue weighted by Gasteiger charge is -1.85. The second-order valence-corrected chi connectivity index (χ2v) is 2.76. The second kappa shape index (κ2) is 21.5. The maximum Gasteiger partial charge on any atom is 0.263 e. The van der Waals surface area contributed by atoms with Gasteiger partial charge in [0.1, 0.15) is 0 Å². The molecule has 0 bridgehead atoms. The SMILES string of the molecule is C=C(F)F.C=CC#N.C=CC=C.C=Cc1ccccc1. The number of rotatable bonds is 2. The molecule has 1 aromatic rings. The zero-order chi connectivity index (χ0) is 16.2. The molecule has 1 nitrogen and oxygen atoms in total. The highest BCUT2D eigenvalue weighted by atomic mass is 19.3. The Hall–Kier alpha value is -2.73. The molecule has 0 amide bonds. The van der Waals surface area contributed by atoms with Crippen molar-refractivity contribution >= 4 is 6.08 Å². The van der Waals surface area contributed by atoms with Crippen LogP contribution in [-0.4, -0.2) is 0 Å². The van der Waals surface area contributed by atoms with Gasteiger partial charge in [-0.25, -0.2) is 0 Å². The summed E-state index contributed by atoms with van der Waals surface area (Å²) in [5.74, 6) is 0. The number of nitriles is 1. The molecule has 3 heteroatoms. The molecular weight excluding hydrogens is 256 g/mol. The van der Waals surface area contributed by atoms with Crippen LogP contribution in [0.4, 0.5) is 8.78 Å². The molecule has 1 rings (SSSR count). The van der Waals surface area contributed by atoms with Crippen LogP contribution in [0, 0.1) is 11.3 Å². The van der Waals surface area contributed by atoms with E-state index in [0.717, 1.165) is 0 Å². The van der Waals surface area contributed by atoms with Crippen molar-refractivity contribution in [3.05, 3.63) is 93.1 Å². The molecule has 0 saturated heterocycles. The number of halogens is 2. The summed E-state index contributed by atoms with van der Waals surface area (Å²) < 4.78 is 20.3. The Labute approximate surface area is 120 Å². The van der Waals surface area contributed by atoms with Crippen LogP contribution >= 0.6 is 0 Å². The summed E-state index contributed by atoms with van der Waals surface area (Å²) in [5.41, 5.74) is 1.17. The first-order valence-electron chi connectivity index (χ1n) is 5.41. The molecule has 0 fully saturated rings. The summed E-state index contributed by atoms with van der Waals surface area (Å²) in [6, 6.07) is 11.7. The van der Waals surface area contributed by atoms with Crippen molar-refractivity contribution in [2.75, 3.05) is 0 Å². The van der Waals surface area contributed by atoms with Crippen molar-refractivity contribution in [1.82, 2.24) is 0 Å². The number of hydrogen-bond acceptors (Lipinski definition) is 1. The second-order valence-electron chi connectivity index (χ2n) is 2.76. The van der Waals surface area contributed by atoms with E-state index in [4.69, 9.17) is 5.26 Å². The van der Waals surface area contributed by atoms with Gasteiger partial charge in [-0.05, 0) is 12.1 Å². The Kier molecular flexibility index (Phi) is 24.2. The molecule has 0 heterocycles. The van der Waals surface area contributed by atoms with Crippen molar-refractivity contribution in [3.8, 4) is 6.07 Å². The van der Waals surface area contributed by atoms with E-state index in [0.29, 0.717) is 0 Å². The van der Waals surface area contributed by atoms with Crippen LogP contribution in [0.5, 0.6) is 0 Å². The molecule has 1 aromatic carbocycles. The van der Waals surface area contributed by atoms with Crippen LogP contribution < -0.4 is 0 Å². The number of nitrogens with zero attached hydrogens (tertiary/aromatic N) is 1. The normalized spacial score (nSPS) is 6.45. The maximum absolute atomic E-state index is 10.1. The Bertz CT molecular complexity index is 418. The number of benzene rings is 1. The van der Waals surface area contributed by atoms with Gasteiger partial charge in [0.05, 0.1) is 6.07 Å². The lowest BCUT2D eigenvalue weighted by atomic mass is 10.2. The fourth-order valence-electron chi connectivity index (χ4n) is 0.589.